The van der Waals surface area contributed by atoms with E-state index in [1.54, 1.807) is 18.0 Å². The summed E-state index contributed by atoms with van der Waals surface area (Å²) in [4.78, 5) is 20.7. The van der Waals surface area contributed by atoms with Gasteiger partial charge in [-0.2, -0.15) is 0 Å². The Bertz CT molecular complexity index is 548. The maximum atomic E-state index is 11.2. The molecule has 0 saturated heterocycles. The summed E-state index contributed by atoms with van der Waals surface area (Å²) in [5, 5.41) is 0.919. The van der Waals surface area contributed by atoms with E-state index in [1.165, 1.54) is 6.07 Å². The number of H-pyrrole nitrogens is 2. The van der Waals surface area contributed by atoms with Crippen molar-refractivity contribution in [3.05, 3.63) is 51.3 Å². The van der Waals surface area contributed by atoms with Gasteiger partial charge in [0.2, 0.25) is 0 Å². The second kappa shape index (κ2) is 5.09. The number of thioether (sulfide) groups is 1. The van der Waals surface area contributed by atoms with Crippen LogP contribution in [-0.4, -0.2) is 15.0 Å². The van der Waals surface area contributed by atoms with Crippen LogP contribution in [0.3, 0.4) is 0 Å². The van der Waals surface area contributed by atoms with E-state index in [2.05, 4.69) is 15.0 Å². The first kappa shape index (κ1) is 11.1. The predicted molar refractivity (Wildman–Crippen MR) is 66.0 cm³/mol. The zero-order chi connectivity index (χ0) is 11.4. The van der Waals surface area contributed by atoms with Crippen molar-refractivity contribution in [1.82, 2.24) is 15.0 Å². The van der Waals surface area contributed by atoms with Gasteiger partial charge in [-0.15, -0.1) is 11.8 Å². The van der Waals surface area contributed by atoms with E-state index in [1.807, 2.05) is 18.2 Å². The largest absolute Gasteiger partial charge is 0.335 e. The molecule has 2 heterocycles. The molecule has 0 fully saturated rings. The number of nitrogens with one attached hydrogen (secondary N) is 2. The monoisotopic (exact) mass is 251 g/mol. The zero-order valence-corrected chi connectivity index (χ0v) is 9.90. The maximum absolute atomic E-state index is 11.2. The van der Waals surface area contributed by atoms with Crippen LogP contribution in [0.1, 0.15) is 5.69 Å². The lowest BCUT2D eigenvalue weighted by molar-refractivity contribution is 1.02. The van der Waals surface area contributed by atoms with Gasteiger partial charge in [0.25, 0.3) is 5.56 Å². The zero-order valence-electron chi connectivity index (χ0n) is 8.27. The molecule has 0 bridgehead atoms. The lowest BCUT2D eigenvalue weighted by Crippen LogP contribution is -2.07. The molecule has 0 atom stereocenters. The van der Waals surface area contributed by atoms with Crippen molar-refractivity contribution in [3.8, 4) is 0 Å². The number of hydrogen-bond donors (Lipinski definition) is 2. The van der Waals surface area contributed by atoms with Crippen LogP contribution in [0, 0.1) is 4.77 Å². The summed E-state index contributed by atoms with van der Waals surface area (Å²) >= 11 is 6.43. The molecule has 0 radical (unpaired) electrons. The number of hydrogen-bond acceptors (Lipinski definition) is 4. The molecule has 2 aromatic rings. The summed E-state index contributed by atoms with van der Waals surface area (Å²) in [5.74, 6) is 0.643. The molecule has 0 spiro atoms. The van der Waals surface area contributed by atoms with Crippen molar-refractivity contribution >= 4 is 24.0 Å². The Hall–Kier alpha value is -1.40. The van der Waals surface area contributed by atoms with Crippen molar-refractivity contribution in [2.75, 3.05) is 0 Å². The van der Waals surface area contributed by atoms with Crippen molar-refractivity contribution < 1.29 is 0 Å². The fraction of sp³-hybridized carbons (Fsp3) is 0.100. The highest BCUT2D eigenvalue weighted by molar-refractivity contribution is 7.98. The summed E-state index contributed by atoms with van der Waals surface area (Å²) < 4.78 is 0.351. The normalized spacial score (nSPS) is 10.2. The minimum absolute atomic E-state index is 0.180. The molecule has 0 aliphatic carbocycles. The third-order valence-electron chi connectivity index (χ3n) is 1.83. The molecule has 0 unspecified atom stereocenters. The van der Waals surface area contributed by atoms with Gasteiger partial charge in [-0.05, 0) is 24.4 Å². The predicted octanol–water partition coefficient (Wildman–Crippen LogP) is 2.12. The van der Waals surface area contributed by atoms with Crippen molar-refractivity contribution in [2.45, 2.75) is 10.8 Å². The molecule has 2 rings (SSSR count). The molecule has 2 aromatic heterocycles. The highest BCUT2D eigenvalue weighted by atomic mass is 32.2. The van der Waals surface area contributed by atoms with Crippen LogP contribution >= 0.6 is 24.0 Å². The topological polar surface area (TPSA) is 61.5 Å². The Morgan fingerprint density at radius 3 is 2.94 bits per heavy atom. The Labute approximate surface area is 101 Å². The molecular weight excluding hydrogens is 242 g/mol. The van der Waals surface area contributed by atoms with E-state index >= 15 is 0 Å². The summed E-state index contributed by atoms with van der Waals surface area (Å²) in [6.45, 7) is 0. The quantitative estimate of drug-likeness (QED) is 0.648. The van der Waals surface area contributed by atoms with Crippen LogP contribution in [0.5, 0.6) is 0 Å². The molecule has 0 aliphatic rings. The molecular formula is C10H9N3OS2. The highest BCUT2D eigenvalue weighted by Crippen LogP contribution is 2.17. The fourth-order valence-corrected chi connectivity index (χ4v) is 2.18. The second-order valence-electron chi connectivity index (χ2n) is 3.07. The minimum atomic E-state index is -0.180. The number of pyridine rings is 1. The van der Waals surface area contributed by atoms with Crippen LogP contribution in [0.25, 0.3) is 0 Å². The molecule has 0 amide bonds. The van der Waals surface area contributed by atoms with Gasteiger partial charge >= 0.3 is 0 Å². The Kier molecular flexibility index (Phi) is 3.53. The van der Waals surface area contributed by atoms with Gasteiger partial charge in [-0.1, -0.05) is 6.07 Å². The number of nitrogens with zero attached hydrogens (tertiary/aromatic N) is 1. The Morgan fingerprint density at radius 2 is 2.25 bits per heavy atom. The van der Waals surface area contributed by atoms with Crippen LogP contribution in [0.4, 0.5) is 0 Å². The van der Waals surface area contributed by atoms with Crippen LogP contribution in [-0.2, 0) is 5.75 Å². The van der Waals surface area contributed by atoms with E-state index in [-0.39, 0.29) is 5.56 Å². The maximum Gasteiger partial charge on any atom is 0.251 e. The van der Waals surface area contributed by atoms with Crippen LogP contribution in [0.2, 0.25) is 0 Å². The van der Waals surface area contributed by atoms with Crippen molar-refractivity contribution in [3.63, 3.8) is 0 Å². The number of aromatic nitrogens is 3. The first-order chi connectivity index (χ1) is 7.74. The van der Waals surface area contributed by atoms with Crippen molar-refractivity contribution in [1.29, 1.82) is 0 Å². The average molecular weight is 251 g/mol. The van der Waals surface area contributed by atoms with Gasteiger partial charge < -0.3 is 4.98 Å². The molecule has 0 aliphatic heterocycles. The fourth-order valence-electron chi connectivity index (χ4n) is 1.18. The highest BCUT2D eigenvalue weighted by Gasteiger charge is 1.98. The van der Waals surface area contributed by atoms with Gasteiger partial charge in [0, 0.05) is 23.7 Å². The second-order valence-corrected chi connectivity index (χ2v) is 4.47. The van der Waals surface area contributed by atoms with E-state index in [0.29, 0.717) is 10.5 Å². The van der Waals surface area contributed by atoms with Crippen LogP contribution < -0.4 is 5.56 Å². The molecule has 6 heteroatoms. The minimum Gasteiger partial charge on any atom is -0.335 e. The summed E-state index contributed by atoms with van der Waals surface area (Å²) in [6, 6.07) is 7.22. The third kappa shape index (κ3) is 3.04. The SMILES string of the molecule is O=c1cc(CSc2ccccn2)[nH]c(=S)[nH]1. The molecule has 82 valence electrons. The molecule has 0 saturated carbocycles. The first-order valence-corrected chi connectivity index (χ1v) is 6.00. The van der Waals surface area contributed by atoms with Gasteiger partial charge in [0.1, 0.15) is 0 Å². The van der Waals surface area contributed by atoms with Gasteiger partial charge in [-0.3, -0.25) is 9.78 Å². The summed E-state index contributed by atoms with van der Waals surface area (Å²) in [6.07, 6.45) is 1.74. The molecule has 2 N–H and O–H groups in total. The standard InChI is InChI=1S/C10H9N3OS2/c14-8-5-7(12-10(15)13-8)6-16-9-3-1-2-4-11-9/h1-5H,6H2,(H2,12,13,14,15). The van der Waals surface area contributed by atoms with E-state index in [0.717, 1.165) is 10.7 Å². The van der Waals surface area contributed by atoms with Crippen LogP contribution in [0.15, 0.2) is 40.3 Å². The molecule has 0 aromatic carbocycles. The van der Waals surface area contributed by atoms with Gasteiger partial charge in [0.05, 0.1) is 5.03 Å². The van der Waals surface area contributed by atoms with E-state index < -0.39 is 0 Å². The molecule has 16 heavy (non-hydrogen) atoms. The first-order valence-electron chi connectivity index (χ1n) is 4.60. The number of rotatable bonds is 3. The van der Waals surface area contributed by atoms with E-state index in [9.17, 15) is 4.79 Å². The van der Waals surface area contributed by atoms with Crippen molar-refractivity contribution in [2.24, 2.45) is 0 Å². The van der Waals surface area contributed by atoms with Gasteiger partial charge in [-0.25, -0.2) is 4.98 Å². The molecule has 4 nitrogen and oxygen atoms in total. The van der Waals surface area contributed by atoms with E-state index in [4.69, 9.17) is 12.2 Å². The Morgan fingerprint density at radius 1 is 1.38 bits per heavy atom. The smallest absolute Gasteiger partial charge is 0.251 e. The Balaban J connectivity index is 2.11. The average Bonchev–Trinajstić information content (AvgIpc) is 2.27. The summed E-state index contributed by atoms with van der Waals surface area (Å²) in [7, 11) is 0. The lowest BCUT2D eigenvalue weighted by atomic mass is 10.5. The van der Waals surface area contributed by atoms with Gasteiger partial charge in [0.15, 0.2) is 4.77 Å². The summed E-state index contributed by atoms with van der Waals surface area (Å²) in [5.41, 5.74) is 0.616. The number of aromatic amines is 2. The third-order valence-corrected chi connectivity index (χ3v) is 3.03. The lowest BCUT2D eigenvalue weighted by Gasteiger charge is -2.00.